The first-order chi connectivity index (χ1) is 12.1. The highest BCUT2D eigenvalue weighted by Crippen LogP contribution is 2.25. The van der Waals surface area contributed by atoms with E-state index in [0.717, 1.165) is 12.8 Å². The molecule has 0 spiro atoms. The molecule has 0 radical (unpaired) electrons. The first kappa shape index (κ1) is 21.3. The number of esters is 1. The van der Waals surface area contributed by atoms with Gasteiger partial charge in [-0.2, -0.15) is 0 Å². The molecular weight excluding hydrogens is 316 g/mol. The first-order valence-corrected chi connectivity index (χ1v) is 9.84. The van der Waals surface area contributed by atoms with Crippen LogP contribution in [0.5, 0.6) is 11.5 Å². The van der Waals surface area contributed by atoms with Crippen LogP contribution in [-0.2, 0) is 4.74 Å². The molecule has 0 saturated heterocycles. The van der Waals surface area contributed by atoms with Gasteiger partial charge in [-0.15, -0.1) is 0 Å². The van der Waals surface area contributed by atoms with E-state index in [9.17, 15) is 15.0 Å². The molecule has 0 unspecified atom stereocenters. The van der Waals surface area contributed by atoms with Gasteiger partial charge in [0.1, 0.15) is 0 Å². The van der Waals surface area contributed by atoms with Crippen molar-refractivity contribution in [1.29, 1.82) is 0 Å². The zero-order valence-corrected chi connectivity index (χ0v) is 15.6. The number of phenolic OH excluding ortho intramolecular Hbond substituents is 2. The van der Waals surface area contributed by atoms with E-state index in [-0.39, 0.29) is 17.1 Å². The number of benzene rings is 1. The minimum Gasteiger partial charge on any atom is -0.504 e. The molecule has 0 atom stereocenters. The molecule has 0 fully saturated rings. The van der Waals surface area contributed by atoms with Gasteiger partial charge in [0.15, 0.2) is 11.5 Å². The number of unbranched alkanes of at least 4 members (excludes halogenated alkanes) is 11. The van der Waals surface area contributed by atoms with E-state index in [1.165, 1.54) is 82.4 Å². The Morgan fingerprint density at radius 3 is 1.84 bits per heavy atom. The molecule has 1 rings (SSSR count). The summed E-state index contributed by atoms with van der Waals surface area (Å²) in [4.78, 5) is 11.8. The molecule has 0 bridgehead atoms. The van der Waals surface area contributed by atoms with Crippen molar-refractivity contribution in [2.45, 2.75) is 84.0 Å². The van der Waals surface area contributed by atoms with E-state index < -0.39 is 5.97 Å². The van der Waals surface area contributed by atoms with E-state index in [1.54, 1.807) is 0 Å². The van der Waals surface area contributed by atoms with E-state index in [4.69, 9.17) is 4.74 Å². The second kappa shape index (κ2) is 13.6. The molecule has 0 aliphatic rings. The molecule has 142 valence electrons. The summed E-state index contributed by atoms with van der Waals surface area (Å²) in [5.74, 6) is -1.00. The second-order valence-corrected chi connectivity index (χ2v) is 6.73. The van der Waals surface area contributed by atoms with E-state index in [2.05, 4.69) is 6.92 Å². The Kier molecular flexibility index (Phi) is 11.6. The summed E-state index contributed by atoms with van der Waals surface area (Å²) in [6, 6.07) is 3.95. The molecule has 0 amide bonds. The van der Waals surface area contributed by atoms with Crippen LogP contribution in [0.3, 0.4) is 0 Å². The fraction of sp³-hybridized carbons (Fsp3) is 0.667. The van der Waals surface area contributed by atoms with Crippen molar-refractivity contribution in [3.05, 3.63) is 23.8 Å². The Morgan fingerprint density at radius 2 is 1.32 bits per heavy atom. The highest BCUT2D eigenvalue weighted by molar-refractivity contribution is 5.90. The Balaban J connectivity index is 1.93. The highest BCUT2D eigenvalue weighted by Gasteiger charge is 2.09. The van der Waals surface area contributed by atoms with Gasteiger partial charge in [-0.1, -0.05) is 77.6 Å². The van der Waals surface area contributed by atoms with Gasteiger partial charge < -0.3 is 14.9 Å². The molecule has 0 aliphatic carbocycles. The molecule has 0 saturated carbocycles. The number of carbonyl (C=O) groups excluding carboxylic acids is 1. The molecule has 4 heteroatoms. The molecule has 1 aromatic rings. The Morgan fingerprint density at radius 1 is 0.800 bits per heavy atom. The molecule has 0 aromatic heterocycles. The smallest absolute Gasteiger partial charge is 0.338 e. The fourth-order valence-corrected chi connectivity index (χ4v) is 2.84. The SMILES string of the molecule is CCCCCCCCCCCCCCOC(=O)c1ccc(O)c(O)c1. The maximum atomic E-state index is 11.8. The topological polar surface area (TPSA) is 66.8 Å². The van der Waals surface area contributed by atoms with Gasteiger partial charge in [0.2, 0.25) is 0 Å². The van der Waals surface area contributed by atoms with E-state index in [1.807, 2.05) is 0 Å². The predicted molar refractivity (Wildman–Crippen MR) is 101 cm³/mol. The van der Waals surface area contributed by atoms with Crippen molar-refractivity contribution in [2.75, 3.05) is 6.61 Å². The van der Waals surface area contributed by atoms with Crippen molar-refractivity contribution < 1.29 is 19.7 Å². The number of rotatable bonds is 14. The van der Waals surface area contributed by atoms with Crippen LogP contribution in [0.25, 0.3) is 0 Å². The highest BCUT2D eigenvalue weighted by atomic mass is 16.5. The minimum atomic E-state index is -0.460. The lowest BCUT2D eigenvalue weighted by atomic mass is 10.1. The van der Waals surface area contributed by atoms with Crippen LogP contribution in [0.15, 0.2) is 18.2 Å². The van der Waals surface area contributed by atoms with Crippen molar-refractivity contribution in [3.63, 3.8) is 0 Å². The zero-order valence-electron chi connectivity index (χ0n) is 15.6. The maximum absolute atomic E-state index is 11.8. The van der Waals surface area contributed by atoms with Crippen LogP contribution in [0.2, 0.25) is 0 Å². The normalized spacial score (nSPS) is 10.8. The Hall–Kier alpha value is -1.71. The van der Waals surface area contributed by atoms with Gasteiger partial charge in [-0.3, -0.25) is 0 Å². The monoisotopic (exact) mass is 350 g/mol. The van der Waals surface area contributed by atoms with Crippen LogP contribution in [0, 0.1) is 0 Å². The van der Waals surface area contributed by atoms with Crippen molar-refractivity contribution >= 4 is 5.97 Å². The molecule has 0 aliphatic heterocycles. The van der Waals surface area contributed by atoms with Crippen molar-refractivity contribution in [1.82, 2.24) is 0 Å². The van der Waals surface area contributed by atoms with E-state index in [0.29, 0.717) is 6.61 Å². The van der Waals surface area contributed by atoms with Crippen LogP contribution in [0.4, 0.5) is 0 Å². The summed E-state index contributed by atoms with van der Waals surface area (Å²) in [7, 11) is 0. The fourth-order valence-electron chi connectivity index (χ4n) is 2.84. The third-order valence-corrected chi connectivity index (χ3v) is 4.44. The summed E-state index contributed by atoms with van der Waals surface area (Å²) < 4.78 is 5.18. The average Bonchev–Trinajstić information content (AvgIpc) is 2.61. The Labute approximate surface area is 152 Å². The zero-order chi connectivity index (χ0) is 18.3. The number of hydrogen-bond acceptors (Lipinski definition) is 4. The van der Waals surface area contributed by atoms with Crippen molar-refractivity contribution in [3.8, 4) is 11.5 Å². The first-order valence-electron chi connectivity index (χ1n) is 9.84. The second-order valence-electron chi connectivity index (χ2n) is 6.73. The lowest BCUT2D eigenvalue weighted by molar-refractivity contribution is 0.0497. The third kappa shape index (κ3) is 10.0. The summed E-state index contributed by atoms with van der Waals surface area (Å²) in [6.45, 7) is 2.65. The van der Waals surface area contributed by atoms with Gasteiger partial charge in [0.25, 0.3) is 0 Å². The van der Waals surface area contributed by atoms with Crippen molar-refractivity contribution in [2.24, 2.45) is 0 Å². The number of aromatic hydroxyl groups is 2. The van der Waals surface area contributed by atoms with E-state index >= 15 is 0 Å². The van der Waals surface area contributed by atoms with Crippen LogP contribution >= 0.6 is 0 Å². The molecular formula is C21H34O4. The predicted octanol–water partition coefficient (Wildman–Crippen LogP) is 5.96. The third-order valence-electron chi connectivity index (χ3n) is 4.44. The molecule has 2 N–H and O–H groups in total. The van der Waals surface area contributed by atoms with Crippen LogP contribution in [-0.4, -0.2) is 22.8 Å². The molecule has 4 nitrogen and oxygen atoms in total. The average molecular weight is 350 g/mol. The van der Waals surface area contributed by atoms with Gasteiger partial charge >= 0.3 is 5.97 Å². The number of ether oxygens (including phenoxy) is 1. The molecule has 25 heavy (non-hydrogen) atoms. The van der Waals surface area contributed by atoms with Gasteiger partial charge in [-0.05, 0) is 24.6 Å². The van der Waals surface area contributed by atoms with Crippen LogP contribution < -0.4 is 0 Å². The standard InChI is InChI=1S/C21H34O4/c1-2-3-4-5-6-7-8-9-10-11-12-13-16-25-21(24)18-14-15-19(22)20(23)17-18/h14-15,17,22-23H,2-13,16H2,1H3. The molecule has 1 aromatic carbocycles. The summed E-state index contributed by atoms with van der Waals surface area (Å²) in [5, 5.41) is 18.6. The summed E-state index contributed by atoms with van der Waals surface area (Å²) in [6.07, 6.45) is 15.2. The number of phenols is 2. The summed E-state index contributed by atoms with van der Waals surface area (Å²) in [5.41, 5.74) is 0.259. The lowest BCUT2D eigenvalue weighted by Crippen LogP contribution is -2.06. The number of carbonyl (C=O) groups is 1. The van der Waals surface area contributed by atoms with Gasteiger partial charge in [-0.25, -0.2) is 4.79 Å². The maximum Gasteiger partial charge on any atom is 0.338 e. The number of hydrogen-bond donors (Lipinski definition) is 2. The van der Waals surface area contributed by atoms with Gasteiger partial charge in [0.05, 0.1) is 12.2 Å². The Bertz CT molecular complexity index is 485. The minimum absolute atomic E-state index is 0.238. The summed E-state index contributed by atoms with van der Waals surface area (Å²) >= 11 is 0. The van der Waals surface area contributed by atoms with Crippen LogP contribution in [0.1, 0.15) is 94.3 Å². The molecule has 0 heterocycles. The largest absolute Gasteiger partial charge is 0.504 e. The quantitative estimate of drug-likeness (QED) is 0.247. The lowest BCUT2D eigenvalue weighted by Gasteiger charge is -2.06. The van der Waals surface area contributed by atoms with Gasteiger partial charge in [0, 0.05) is 0 Å².